The van der Waals surface area contributed by atoms with Crippen molar-refractivity contribution in [3.05, 3.63) is 59.8 Å². The van der Waals surface area contributed by atoms with E-state index in [2.05, 4.69) is 15.8 Å². The number of nitrogens with one attached hydrogen (secondary N) is 1. The van der Waals surface area contributed by atoms with Crippen LogP contribution in [0, 0.1) is 11.3 Å². The van der Waals surface area contributed by atoms with Crippen LogP contribution in [0.15, 0.2) is 48.7 Å². The summed E-state index contributed by atoms with van der Waals surface area (Å²) in [6, 6.07) is 15.1. The quantitative estimate of drug-likeness (QED) is 0.712. The van der Waals surface area contributed by atoms with Crippen molar-refractivity contribution in [3.8, 4) is 22.9 Å². The van der Waals surface area contributed by atoms with Gasteiger partial charge in [0.05, 0.1) is 18.2 Å². The maximum atomic E-state index is 10.6. The van der Waals surface area contributed by atoms with Crippen molar-refractivity contribution in [1.29, 1.82) is 5.26 Å². The van der Waals surface area contributed by atoms with Crippen LogP contribution in [-0.2, 0) is 17.8 Å². The summed E-state index contributed by atoms with van der Waals surface area (Å²) in [5.74, 6) is 0.685. The number of fused-ring (bicyclic) bond motifs is 1. The van der Waals surface area contributed by atoms with Crippen LogP contribution >= 0.6 is 0 Å². The molecule has 0 radical (unpaired) electrons. The average Bonchev–Trinajstić information content (AvgIpc) is 2.65. The number of benzene rings is 2. The Labute approximate surface area is 147 Å². The van der Waals surface area contributed by atoms with Crippen LogP contribution in [0.2, 0.25) is 0 Å². The molecular weight excluding hydrogens is 338 g/mol. The van der Waals surface area contributed by atoms with Gasteiger partial charge in [0, 0.05) is 35.0 Å². The number of aromatic nitrogens is 1. The largest absolute Gasteiger partial charge is 0.760 e. The van der Waals surface area contributed by atoms with Gasteiger partial charge in [-0.15, -0.1) is 0 Å². The van der Waals surface area contributed by atoms with Gasteiger partial charge in [0.25, 0.3) is 0 Å². The number of nitrogens with zero attached hydrogens (tertiary/aromatic N) is 2. The van der Waals surface area contributed by atoms with Gasteiger partial charge >= 0.3 is 0 Å². The maximum Gasteiger partial charge on any atom is 0.119 e. The van der Waals surface area contributed by atoms with Gasteiger partial charge in [-0.05, 0) is 29.3 Å². The highest BCUT2D eigenvalue weighted by molar-refractivity contribution is 7.77. The Hall–Kier alpha value is -2.79. The predicted molar refractivity (Wildman–Crippen MR) is 94.2 cm³/mol. The lowest BCUT2D eigenvalue weighted by Gasteiger charge is -2.11. The van der Waals surface area contributed by atoms with Crippen LogP contribution in [0.3, 0.4) is 0 Å². The lowest BCUT2D eigenvalue weighted by molar-refractivity contribution is 0.415. The Morgan fingerprint density at radius 3 is 2.68 bits per heavy atom. The molecule has 0 fully saturated rings. The molecule has 1 heterocycles. The van der Waals surface area contributed by atoms with E-state index < -0.39 is 11.3 Å². The molecule has 0 aliphatic heterocycles. The van der Waals surface area contributed by atoms with Crippen LogP contribution in [0.5, 0.6) is 5.75 Å². The molecule has 6 nitrogen and oxygen atoms in total. The van der Waals surface area contributed by atoms with Gasteiger partial charge in [0.1, 0.15) is 11.8 Å². The fourth-order valence-corrected chi connectivity index (χ4v) is 2.91. The van der Waals surface area contributed by atoms with E-state index in [4.69, 9.17) is 4.74 Å². The lowest BCUT2D eigenvalue weighted by Crippen LogP contribution is -2.15. The molecule has 0 aliphatic rings. The summed E-state index contributed by atoms with van der Waals surface area (Å²) in [5, 5.41) is 10.3. The predicted octanol–water partition coefficient (Wildman–Crippen LogP) is 2.67. The number of methoxy groups -OCH3 is 1. The first kappa shape index (κ1) is 17.0. The lowest BCUT2D eigenvalue weighted by atomic mass is 9.96. The summed E-state index contributed by atoms with van der Waals surface area (Å²) < 4.78 is 28.8. The van der Waals surface area contributed by atoms with Crippen molar-refractivity contribution >= 4 is 22.2 Å². The molecule has 0 spiro atoms. The number of hydrogen-bond donors (Lipinski definition) is 1. The van der Waals surface area contributed by atoms with Gasteiger partial charge in [-0.2, -0.15) is 5.26 Å². The summed E-state index contributed by atoms with van der Waals surface area (Å²) in [5.41, 5.74) is 3.68. The highest BCUT2D eigenvalue weighted by Crippen LogP contribution is 2.33. The summed E-state index contributed by atoms with van der Waals surface area (Å²) >= 11 is -2.30. The zero-order valence-corrected chi connectivity index (χ0v) is 14.2. The first-order chi connectivity index (χ1) is 12.1. The Balaban J connectivity index is 2.10. The van der Waals surface area contributed by atoms with Gasteiger partial charge < -0.3 is 9.29 Å². The summed E-state index contributed by atoms with van der Waals surface area (Å²) in [4.78, 5) is 4.32. The summed E-state index contributed by atoms with van der Waals surface area (Å²) in [6.07, 6.45) is 1.56. The van der Waals surface area contributed by atoms with Crippen LogP contribution in [-0.4, -0.2) is 20.9 Å². The number of nitriles is 1. The molecule has 0 saturated heterocycles. The van der Waals surface area contributed by atoms with Gasteiger partial charge in [0.15, 0.2) is 0 Å². The van der Waals surface area contributed by atoms with Crippen molar-refractivity contribution in [2.75, 3.05) is 7.11 Å². The summed E-state index contributed by atoms with van der Waals surface area (Å²) in [7, 11) is 1.59. The van der Waals surface area contributed by atoms with E-state index in [1.807, 2.05) is 42.5 Å². The van der Waals surface area contributed by atoms with Crippen molar-refractivity contribution < 1.29 is 13.5 Å². The molecule has 0 amide bonds. The van der Waals surface area contributed by atoms with Gasteiger partial charge in [0.2, 0.25) is 0 Å². The second-order valence-corrected chi connectivity index (χ2v) is 6.05. The minimum Gasteiger partial charge on any atom is -0.760 e. The fourth-order valence-electron chi connectivity index (χ4n) is 2.63. The van der Waals surface area contributed by atoms with E-state index in [-0.39, 0.29) is 6.54 Å². The number of hydrogen-bond acceptors (Lipinski definition) is 5. The Kier molecular flexibility index (Phi) is 5.05. The van der Waals surface area contributed by atoms with Crippen LogP contribution in [0.1, 0.15) is 11.1 Å². The van der Waals surface area contributed by atoms with E-state index in [9.17, 15) is 14.0 Å². The molecule has 3 aromatic rings. The number of rotatable bonds is 5. The van der Waals surface area contributed by atoms with E-state index in [0.717, 1.165) is 27.6 Å². The molecule has 0 bridgehead atoms. The topological polar surface area (TPSA) is 98.1 Å². The normalized spacial score (nSPS) is 11.9. The first-order valence-electron chi connectivity index (χ1n) is 7.41. The van der Waals surface area contributed by atoms with Crippen molar-refractivity contribution in [1.82, 2.24) is 9.71 Å². The molecule has 1 N–H and O–H groups in total. The van der Waals surface area contributed by atoms with E-state index >= 15 is 0 Å². The van der Waals surface area contributed by atoms with Crippen molar-refractivity contribution in [2.45, 2.75) is 6.54 Å². The third-order valence-corrected chi connectivity index (χ3v) is 4.21. The molecule has 2 aromatic carbocycles. The molecule has 1 unspecified atom stereocenters. The Morgan fingerprint density at radius 2 is 2.04 bits per heavy atom. The molecular formula is C18H14N3O3S-. The minimum atomic E-state index is -2.30. The van der Waals surface area contributed by atoms with Gasteiger partial charge in [-0.25, -0.2) is 4.72 Å². The van der Waals surface area contributed by atoms with Crippen molar-refractivity contribution in [3.63, 3.8) is 0 Å². The van der Waals surface area contributed by atoms with Gasteiger partial charge in [-0.3, -0.25) is 9.19 Å². The highest BCUT2D eigenvalue weighted by atomic mass is 32.2. The minimum absolute atomic E-state index is 0.215. The van der Waals surface area contributed by atoms with Crippen LogP contribution < -0.4 is 9.46 Å². The molecule has 3 rings (SSSR count). The maximum absolute atomic E-state index is 10.6. The SMILES string of the molecule is COc1ccc2ncc(C#N)c(-c3ccc(CNS(=O)[O-])cc3)c2c1. The molecule has 126 valence electrons. The Morgan fingerprint density at radius 1 is 1.28 bits per heavy atom. The van der Waals surface area contributed by atoms with Gasteiger partial charge in [-0.1, -0.05) is 24.3 Å². The third-order valence-electron chi connectivity index (χ3n) is 3.83. The van der Waals surface area contributed by atoms with E-state index in [0.29, 0.717) is 11.3 Å². The number of ether oxygens (including phenoxy) is 1. The average molecular weight is 352 g/mol. The third kappa shape index (κ3) is 3.67. The standard InChI is InChI=1S/C18H15N3O3S/c1-24-15-6-7-17-16(8-15)18(14(9-19)11-20-17)13-4-2-12(3-5-13)10-21-25(22)23/h2-8,11,21H,10H2,1H3,(H,22,23)/p-1. The summed E-state index contributed by atoms with van der Waals surface area (Å²) in [6.45, 7) is 0.215. The van der Waals surface area contributed by atoms with E-state index in [1.165, 1.54) is 0 Å². The molecule has 25 heavy (non-hydrogen) atoms. The molecule has 0 saturated carbocycles. The monoisotopic (exact) mass is 352 g/mol. The fraction of sp³-hybridized carbons (Fsp3) is 0.111. The first-order valence-corrected chi connectivity index (χ1v) is 8.49. The molecule has 1 aromatic heterocycles. The highest BCUT2D eigenvalue weighted by Gasteiger charge is 2.12. The second kappa shape index (κ2) is 7.40. The Bertz CT molecular complexity index is 981. The molecule has 7 heteroatoms. The van der Waals surface area contributed by atoms with E-state index in [1.54, 1.807) is 13.3 Å². The second-order valence-electron chi connectivity index (χ2n) is 5.29. The molecule has 1 atom stereocenters. The zero-order chi connectivity index (χ0) is 17.8. The molecule has 0 aliphatic carbocycles. The zero-order valence-electron chi connectivity index (χ0n) is 13.4. The number of pyridine rings is 1. The van der Waals surface area contributed by atoms with Crippen molar-refractivity contribution in [2.24, 2.45) is 0 Å². The smallest absolute Gasteiger partial charge is 0.119 e. The van der Waals surface area contributed by atoms with Crippen LogP contribution in [0.25, 0.3) is 22.0 Å². The van der Waals surface area contributed by atoms with Crippen LogP contribution in [0.4, 0.5) is 0 Å².